The predicted molar refractivity (Wildman–Crippen MR) is 217 cm³/mol. The van der Waals surface area contributed by atoms with Crippen LogP contribution in [0.15, 0.2) is 60.7 Å². The maximum atomic E-state index is 14.1. The monoisotopic (exact) mass is 793 g/mol. The van der Waals surface area contributed by atoms with Crippen LogP contribution in [0.4, 0.5) is 0 Å². The van der Waals surface area contributed by atoms with Crippen molar-refractivity contribution in [2.75, 3.05) is 39.9 Å². The fourth-order valence-electron chi connectivity index (χ4n) is 6.75. The Balaban J connectivity index is 1.78. The molecule has 0 bridgehead atoms. The SMILES string of the molecule is CCN(CCCC[C@H](NC(=O)[C@H](Cc1ccccc1)NC(=O)[C@H](C)NC(=O)[C@H](Cc1ccccc1)NC(=O)C1CCNCC1)C(=O)N[C@@H](CO)C(=O)OC)C(C)C. The summed E-state index contributed by atoms with van der Waals surface area (Å²) in [6, 6.07) is 13.0. The van der Waals surface area contributed by atoms with Gasteiger partial charge >= 0.3 is 5.97 Å². The number of piperidine rings is 1. The number of hydrogen-bond acceptors (Lipinski definition) is 10. The van der Waals surface area contributed by atoms with Crippen LogP contribution in [0.5, 0.6) is 0 Å². The molecule has 0 radical (unpaired) electrons. The molecule has 15 heteroatoms. The smallest absolute Gasteiger partial charge is 0.330 e. The van der Waals surface area contributed by atoms with Gasteiger partial charge in [0, 0.05) is 24.8 Å². The van der Waals surface area contributed by atoms with Crippen LogP contribution in [0.3, 0.4) is 0 Å². The molecule has 0 aliphatic carbocycles. The first-order valence-electron chi connectivity index (χ1n) is 20.1. The van der Waals surface area contributed by atoms with E-state index in [1.807, 2.05) is 36.4 Å². The van der Waals surface area contributed by atoms with Crippen molar-refractivity contribution in [1.29, 1.82) is 0 Å². The molecule has 7 N–H and O–H groups in total. The molecular weight excluding hydrogens is 731 g/mol. The van der Waals surface area contributed by atoms with E-state index in [0.29, 0.717) is 38.4 Å². The van der Waals surface area contributed by atoms with E-state index in [-0.39, 0.29) is 31.1 Å². The van der Waals surface area contributed by atoms with E-state index >= 15 is 0 Å². The Morgan fingerprint density at radius 3 is 1.75 bits per heavy atom. The van der Waals surface area contributed by atoms with Gasteiger partial charge in [0.25, 0.3) is 0 Å². The largest absolute Gasteiger partial charge is 0.467 e. The summed E-state index contributed by atoms with van der Waals surface area (Å²) >= 11 is 0. The highest BCUT2D eigenvalue weighted by molar-refractivity contribution is 5.96. The first kappa shape index (κ1) is 46.5. The number of unbranched alkanes of at least 4 members (excludes halogenated alkanes) is 1. The number of rotatable bonds is 23. The quantitative estimate of drug-likeness (QED) is 0.0628. The van der Waals surface area contributed by atoms with Crippen LogP contribution in [-0.2, 0) is 46.3 Å². The lowest BCUT2D eigenvalue weighted by Crippen LogP contribution is -2.59. The Morgan fingerprint density at radius 1 is 0.719 bits per heavy atom. The van der Waals surface area contributed by atoms with Crippen molar-refractivity contribution in [3.63, 3.8) is 0 Å². The maximum absolute atomic E-state index is 14.1. The van der Waals surface area contributed by atoms with E-state index in [0.717, 1.165) is 37.7 Å². The molecule has 2 aromatic rings. The Hall–Kier alpha value is -4.86. The number of ether oxygens (including phenoxy) is 1. The maximum Gasteiger partial charge on any atom is 0.330 e. The Kier molecular flexibility index (Phi) is 20.2. The number of benzene rings is 2. The summed E-state index contributed by atoms with van der Waals surface area (Å²) in [7, 11) is 1.14. The van der Waals surface area contributed by atoms with E-state index < -0.39 is 66.4 Å². The van der Waals surface area contributed by atoms with E-state index in [9.17, 15) is 33.9 Å². The van der Waals surface area contributed by atoms with Gasteiger partial charge in [-0.05, 0) is 90.2 Å². The molecule has 1 aliphatic rings. The minimum atomic E-state index is -1.34. The number of amides is 5. The zero-order valence-electron chi connectivity index (χ0n) is 34.1. The highest BCUT2D eigenvalue weighted by atomic mass is 16.5. The lowest BCUT2D eigenvalue weighted by molar-refractivity contribution is -0.146. The molecule has 57 heavy (non-hydrogen) atoms. The van der Waals surface area contributed by atoms with Gasteiger partial charge in [-0.1, -0.05) is 67.6 Å². The van der Waals surface area contributed by atoms with Crippen LogP contribution >= 0.6 is 0 Å². The molecule has 3 rings (SSSR count). The number of hydrogen-bond donors (Lipinski definition) is 7. The first-order chi connectivity index (χ1) is 27.4. The molecule has 0 spiro atoms. The zero-order valence-corrected chi connectivity index (χ0v) is 34.1. The third-order valence-corrected chi connectivity index (χ3v) is 10.2. The van der Waals surface area contributed by atoms with Crippen LogP contribution in [0.2, 0.25) is 0 Å². The van der Waals surface area contributed by atoms with Gasteiger partial charge in [-0.2, -0.15) is 0 Å². The number of aliphatic hydroxyl groups is 1. The van der Waals surface area contributed by atoms with Crippen molar-refractivity contribution in [2.45, 2.75) is 109 Å². The van der Waals surface area contributed by atoms with Crippen LogP contribution in [0.1, 0.15) is 70.9 Å². The Labute approximate surface area is 336 Å². The van der Waals surface area contributed by atoms with Crippen LogP contribution in [0, 0.1) is 5.92 Å². The molecule has 0 unspecified atom stereocenters. The summed E-state index contributed by atoms with van der Waals surface area (Å²) in [6.07, 6.45) is 3.09. The van der Waals surface area contributed by atoms with Gasteiger partial charge in [-0.3, -0.25) is 24.0 Å². The second-order valence-electron chi connectivity index (χ2n) is 14.8. The highest BCUT2D eigenvalue weighted by Gasteiger charge is 2.32. The lowest BCUT2D eigenvalue weighted by Gasteiger charge is -2.27. The summed E-state index contributed by atoms with van der Waals surface area (Å²) in [5.41, 5.74) is 1.57. The van der Waals surface area contributed by atoms with Gasteiger partial charge in [-0.25, -0.2) is 4.79 Å². The number of carbonyl (C=O) groups excluding carboxylic acids is 6. The van der Waals surface area contributed by atoms with Crippen molar-refractivity contribution in [2.24, 2.45) is 5.92 Å². The van der Waals surface area contributed by atoms with Crippen molar-refractivity contribution in [3.05, 3.63) is 71.8 Å². The number of nitrogens with zero attached hydrogens (tertiary/aromatic N) is 1. The van der Waals surface area contributed by atoms with E-state index in [1.54, 1.807) is 24.3 Å². The summed E-state index contributed by atoms with van der Waals surface area (Å²) in [4.78, 5) is 82.8. The number of methoxy groups -OCH3 is 1. The third kappa shape index (κ3) is 15.9. The second kappa shape index (κ2) is 24.7. The van der Waals surface area contributed by atoms with Crippen LogP contribution in [0.25, 0.3) is 0 Å². The van der Waals surface area contributed by atoms with E-state index in [1.165, 1.54) is 6.92 Å². The molecule has 15 nitrogen and oxygen atoms in total. The van der Waals surface area contributed by atoms with Gasteiger partial charge in [-0.15, -0.1) is 0 Å². The molecule has 1 saturated heterocycles. The first-order valence-corrected chi connectivity index (χ1v) is 20.1. The van der Waals surface area contributed by atoms with Crippen molar-refractivity contribution in [1.82, 2.24) is 36.8 Å². The third-order valence-electron chi connectivity index (χ3n) is 10.2. The average Bonchev–Trinajstić information content (AvgIpc) is 3.22. The van der Waals surface area contributed by atoms with Crippen LogP contribution in [-0.4, -0.2) is 122 Å². The topological polar surface area (TPSA) is 207 Å². The van der Waals surface area contributed by atoms with Gasteiger partial charge < -0.3 is 46.6 Å². The standard InChI is InChI=1S/C42H63N7O8/c1-6-49(28(2)3)24-14-13-19-33(39(53)48-36(27-50)42(56)57-5)45-41(55)35(26-31-17-11-8-12-18-31)46-37(51)29(4)44-40(54)34(25-30-15-9-7-10-16-30)47-38(52)32-20-22-43-23-21-32/h7-12,15-18,28-29,32-36,43,50H,6,13-14,19-27H2,1-5H3,(H,44,54)(H,45,55)(H,46,51)(H,47,52)(H,48,53)/t29-,33-,34-,35-,36-/m0/s1. The van der Waals surface area contributed by atoms with Gasteiger partial charge in [0.2, 0.25) is 29.5 Å². The molecule has 0 aromatic heterocycles. The Bertz CT molecular complexity index is 1570. The number of esters is 1. The molecule has 0 saturated carbocycles. The van der Waals surface area contributed by atoms with Gasteiger partial charge in [0.1, 0.15) is 24.2 Å². The van der Waals surface area contributed by atoms with Crippen LogP contribution < -0.4 is 31.9 Å². The summed E-state index contributed by atoms with van der Waals surface area (Å²) in [5, 5.41) is 26.7. The molecule has 5 atom stereocenters. The predicted octanol–water partition coefficient (Wildman–Crippen LogP) is 0.981. The van der Waals surface area contributed by atoms with E-state index in [2.05, 4.69) is 57.6 Å². The normalized spacial score (nSPS) is 15.7. The Morgan fingerprint density at radius 2 is 1.23 bits per heavy atom. The fraction of sp³-hybridized carbons (Fsp3) is 0.571. The molecule has 1 aliphatic heterocycles. The number of carbonyl (C=O) groups is 6. The number of aliphatic hydroxyl groups excluding tert-OH is 1. The molecule has 1 fully saturated rings. The van der Waals surface area contributed by atoms with E-state index in [4.69, 9.17) is 4.74 Å². The summed E-state index contributed by atoms with van der Waals surface area (Å²) < 4.78 is 4.71. The van der Waals surface area contributed by atoms with Gasteiger partial charge in [0.05, 0.1) is 13.7 Å². The lowest BCUT2D eigenvalue weighted by atomic mass is 9.96. The summed E-state index contributed by atoms with van der Waals surface area (Å²) in [6.45, 7) is 10.1. The average molecular weight is 794 g/mol. The molecular formula is C42H63N7O8. The van der Waals surface area contributed by atoms with Crippen molar-refractivity contribution < 1.29 is 38.6 Å². The summed E-state index contributed by atoms with van der Waals surface area (Å²) in [5.74, 6) is -3.84. The highest BCUT2D eigenvalue weighted by Crippen LogP contribution is 2.14. The fourth-order valence-corrected chi connectivity index (χ4v) is 6.75. The molecule has 2 aromatic carbocycles. The minimum absolute atomic E-state index is 0.0671. The van der Waals surface area contributed by atoms with Crippen molar-refractivity contribution >= 4 is 35.5 Å². The molecule has 5 amide bonds. The second-order valence-corrected chi connectivity index (χ2v) is 14.8. The number of nitrogens with one attached hydrogen (secondary N) is 6. The van der Waals surface area contributed by atoms with Gasteiger partial charge in [0.15, 0.2) is 6.04 Å². The molecule has 1 heterocycles. The zero-order chi connectivity index (χ0) is 41.7. The minimum Gasteiger partial charge on any atom is -0.467 e. The van der Waals surface area contributed by atoms with Crippen molar-refractivity contribution in [3.8, 4) is 0 Å². The molecule has 314 valence electrons.